The predicted octanol–water partition coefficient (Wildman–Crippen LogP) is 3.93. The third-order valence-electron chi connectivity index (χ3n) is 5.61. The minimum absolute atomic E-state index is 0.0328. The van der Waals surface area contributed by atoms with Gasteiger partial charge in [0.05, 0.1) is 25.5 Å². The Labute approximate surface area is 204 Å². The van der Waals surface area contributed by atoms with Crippen LogP contribution in [0.1, 0.15) is 49.6 Å². The summed E-state index contributed by atoms with van der Waals surface area (Å²) in [6.45, 7) is 1.51. The van der Waals surface area contributed by atoms with Crippen LogP contribution in [0.5, 0.6) is 0 Å². The number of carbonyl (C=O) groups is 3. The molecule has 9 nitrogen and oxygen atoms in total. The van der Waals surface area contributed by atoms with E-state index in [0.717, 1.165) is 14.2 Å². The first-order valence-corrected chi connectivity index (χ1v) is 10.9. The molecule has 0 unspecified atom stereocenters. The number of nitrogens with zero attached hydrogens (tertiary/aromatic N) is 2. The van der Waals surface area contributed by atoms with Crippen LogP contribution in [0.15, 0.2) is 59.4 Å². The fourth-order valence-electron chi connectivity index (χ4n) is 3.90. The van der Waals surface area contributed by atoms with Crippen molar-refractivity contribution >= 4 is 40.4 Å². The second-order valence-electron chi connectivity index (χ2n) is 7.64. The van der Waals surface area contributed by atoms with Gasteiger partial charge in [-0.1, -0.05) is 36.7 Å². The molecular formula is C25H20ClN3O6. The van der Waals surface area contributed by atoms with E-state index < -0.39 is 29.2 Å². The van der Waals surface area contributed by atoms with Gasteiger partial charge in [-0.2, -0.15) is 0 Å². The van der Waals surface area contributed by atoms with Gasteiger partial charge in [0.15, 0.2) is 17.1 Å². The highest BCUT2D eigenvalue weighted by Crippen LogP contribution is 2.32. The number of H-pyrrole nitrogens is 1. The molecule has 178 valence electrons. The average molecular weight is 494 g/mol. The van der Waals surface area contributed by atoms with Crippen molar-refractivity contribution in [2.75, 3.05) is 14.2 Å². The lowest BCUT2D eigenvalue weighted by Crippen LogP contribution is -2.23. The van der Waals surface area contributed by atoms with Crippen molar-refractivity contribution in [2.45, 2.75) is 12.8 Å². The number of fused-ring (bicyclic) bond motifs is 1. The second-order valence-corrected chi connectivity index (χ2v) is 8.07. The number of Topliss-reactive ketones (excluding diaryl/α,β-unsaturated/α-hetero) is 1. The summed E-state index contributed by atoms with van der Waals surface area (Å²) in [5, 5.41) is 3.16. The summed E-state index contributed by atoms with van der Waals surface area (Å²) in [6, 6.07) is 14.8. The fraction of sp³-hybridized carbons (Fsp3) is 0.160. The van der Waals surface area contributed by atoms with E-state index in [0.29, 0.717) is 16.3 Å². The second kappa shape index (κ2) is 9.55. The van der Waals surface area contributed by atoms with Crippen molar-refractivity contribution in [3.05, 3.63) is 92.4 Å². The van der Waals surface area contributed by atoms with Gasteiger partial charge in [0.1, 0.15) is 5.39 Å². The van der Waals surface area contributed by atoms with Gasteiger partial charge >= 0.3 is 11.9 Å². The van der Waals surface area contributed by atoms with Crippen LogP contribution in [0.2, 0.25) is 5.02 Å². The zero-order chi connectivity index (χ0) is 25.3. The molecule has 2 heterocycles. The van der Waals surface area contributed by atoms with Crippen molar-refractivity contribution < 1.29 is 23.9 Å². The summed E-state index contributed by atoms with van der Waals surface area (Å²) >= 11 is 5.94. The Balaban J connectivity index is 2.05. The first-order valence-electron chi connectivity index (χ1n) is 10.5. The lowest BCUT2D eigenvalue weighted by atomic mass is 9.87. The Morgan fingerprint density at radius 3 is 2.20 bits per heavy atom. The van der Waals surface area contributed by atoms with Crippen LogP contribution in [-0.4, -0.2) is 46.7 Å². The quantitative estimate of drug-likeness (QED) is 0.319. The van der Waals surface area contributed by atoms with E-state index in [9.17, 15) is 19.2 Å². The number of hydrogen-bond acceptors (Lipinski definition) is 7. The van der Waals surface area contributed by atoms with Crippen LogP contribution in [0, 0.1) is 0 Å². The lowest BCUT2D eigenvalue weighted by molar-refractivity contribution is 0.0591. The molecule has 0 saturated heterocycles. The fourth-order valence-corrected chi connectivity index (χ4v) is 4.03. The number of para-hydroxylation sites is 1. The summed E-state index contributed by atoms with van der Waals surface area (Å²) in [6.07, 6.45) is 0. The highest BCUT2D eigenvalue weighted by Gasteiger charge is 2.34. The zero-order valence-electron chi connectivity index (χ0n) is 19.0. The van der Waals surface area contributed by atoms with E-state index in [1.54, 1.807) is 42.5 Å². The Bertz CT molecular complexity index is 1510. The molecule has 1 N–H and O–H groups in total. The van der Waals surface area contributed by atoms with Crippen molar-refractivity contribution in [2.24, 2.45) is 0 Å². The highest BCUT2D eigenvalue weighted by molar-refractivity contribution is 6.30. The third-order valence-corrected chi connectivity index (χ3v) is 5.86. The number of nitrogens with one attached hydrogen (secondary N) is 1. The molecule has 0 aliphatic heterocycles. The van der Waals surface area contributed by atoms with Gasteiger partial charge in [-0.05, 0) is 36.4 Å². The van der Waals surface area contributed by atoms with Crippen molar-refractivity contribution in [1.29, 1.82) is 0 Å². The first kappa shape index (κ1) is 23.9. The molecule has 0 fully saturated rings. The minimum atomic E-state index is -1.06. The van der Waals surface area contributed by atoms with E-state index in [1.165, 1.54) is 23.7 Å². The predicted molar refractivity (Wildman–Crippen MR) is 129 cm³/mol. The van der Waals surface area contributed by atoms with Gasteiger partial charge < -0.3 is 9.47 Å². The van der Waals surface area contributed by atoms with Gasteiger partial charge in [0.2, 0.25) is 0 Å². The van der Waals surface area contributed by atoms with E-state index >= 15 is 0 Å². The number of hydrogen-bond donors (Lipinski definition) is 1. The Morgan fingerprint density at radius 1 is 0.971 bits per heavy atom. The van der Waals surface area contributed by atoms with Gasteiger partial charge in [0.25, 0.3) is 5.56 Å². The summed E-state index contributed by atoms with van der Waals surface area (Å²) < 4.78 is 11.0. The number of aromatic amines is 1. The molecule has 0 amide bonds. The number of carbonyl (C=O) groups excluding carboxylic acids is 3. The minimum Gasteiger partial charge on any atom is -0.465 e. The largest absolute Gasteiger partial charge is 0.465 e. The van der Waals surface area contributed by atoms with E-state index in [4.69, 9.17) is 21.1 Å². The average Bonchev–Trinajstić information content (AvgIpc) is 3.22. The first-order chi connectivity index (χ1) is 16.8. The molecule has 4 aromatic rings. The normalized spacial score (nSPS) is 11.8. The van der Waals surface area contributed by atoms with E-state index in [2.05, 4.69) is 10.1 Å². The number of benzene rings is 2. The highest BCUT2D eigenvalue weighted by atomic mass is 35.5. The van der Waals surface area contributed by atoms with E-state index in [-0.39, 0.29) is 27.9 Å². The molecule has 0 aliphatic carbocycles. The van der Waals surface area contributed by atoms with Crippen molar-refractivity contribution in [3.63, 3.8) is 0 Å². The van der Waals surface area contributed by atoms with Crippen molar-refractivity contribution in [3.8, 4) is 5.69 Å². The van der Waals surface area contributed by atoms with Crippen molar-refractivity contribution in [1.82, 2.24) is 14.8 Å². The molecule has 0 bridgehead atoms. The van der Waals surface area contributed by atoms with Crippen LogP contribution in [-0.2, 0) is 9.47 Å². The molecule has 2 aromatic carbocycles. The number of methoxy groups -OCH3 is 2. The molecular weight excluding hydrogens is 474 g/mol. The van der Waals surface area contributed by atoms with Gasteiger partial charge in [-0.25, -0.2) is 19.3 Å². The maximum atomic E-state index is 13.4. The standard InChI is InChI=1S/C25H20ClN3O6/c1-13(21(30)14-9-11-15(26)12-10-14)17-18(24(32)34-2)19-22(27-20(17)25(33)35-3)28-29(23(19)31)16-7-5-4-6-8-16/h4-13H,1-3H3,(H,27,28)/t13-/m1/s1. The molecule has 4 rings (SSSR count). The summed E-state index contributed by atoms with van der Waals surface area (Å²) in [4.78, 5) is 56.9. The summed E-state index contributed by atoms with van der Waals surface area (Å²) in [5.74, 6) is -3.26. The van der Waals surface area contributed by atoms with E-state index in [1.807, 2.05) is 0 Å². The van der Waals surface area contributed by atoms with Gasteiger partial charge in [-0.15, -0.1) is 0 Å². The topological polar surface area (TPSA) is 120 Å². The Kier molecular flexibility index (Phi) is 6.52. The summed E-state index contributed by atoms with van der Waals surface area (Å²) in [7, 11) is 2.30. The zero-order valence-corrected chi connectivity index (χ0v) is 19.8. The molecule has 0 aliphatic rings. The van der Waals surface area contributed by atoms with Crippen LogP contribution >= 0.6 is 11.6 Å². The third kappa shape index (κ3) is 4.22. The number of ether oxygens (including phenoxy) is 2. The Morgan fingerprint density at radius 2 is 1.60 bits per heavy atom. The smallest absolute Gasteiger partial charge is 0.357 e. The van der Waals surface area contributed by atoms with Gasteiger partial charge in [0, 0.05) is 22.1 Å². The molecule has 0 spiro atoms. The van der Waals surface area contributed by atoms with Crippen LogP contribution in [0.4, 0.5) is 0 Å². The lowest BCUT2D eigenvalue weighted by Gasteiger charge is -2.18. The summed E-state index contributed by atoms with van der Waals surface area (Å²) in [5.41, 5.74) is -0.424. The van der Waals surface area contributed by atoms with Crippen LogP contribution < -0.4 is 5.56 Å². The molecule has 35 heavy (non-hydrogen) atoms. The van der Waals surface area contributed by atoms with Crippen LogP contribution in [0.3, 0.4) is 0 Å². The maximum Gasteiger partial charge on any atom is 0.357 e. The number of ketones is 1. The maximum absolute atomic E-state index is 13.4. The monoisotopic (exact) mass is 493 g/mol. The number of pyridine rings is 1. The molecule has 1 atom stereocenters. The molecule has 0 saturated carbocycles. The number of halogens is 1. The molecule has 2 aromatic heterocycles. The van der Waals surface area contributed by atoms with Crippen LogP contribution in [0.25, 0.3) is 16.7 Å². The van der Waals surface area contributed by atoms with Gasteiger partial charge in [-0.3, -0.25) is 14.7 Å². The SMILES string of the molecule is COC(=O)c1nc2[nH]n(-c3ccccc3)c(=O)c2c(C(=O)OC)c1[C@@H](C)C(=O)c1ccc(Cl)cc1. The molecule has 0 radical (unpaired) electrons. The molecule has 10 heteroatoms. The number of esters is 2. The number of rotatable bonds is 6. The number of aromatic nitrogens is 3. The Hall–Kier alpha value is -4.24.